The molecule has 0 bridgehead atoms. The lowest BCUT2D eigenvalue weighted by Gasteiger charge is -2.10. The lowest BCUT2D eigenvalue weighted by atomic mass is 10.2. The maximum atomic E-state index is 11.2. The van der Waals surface area contributed by atoms with E-state index in [-0.39, 0.29) is 10.6 Å². The quantitative estimate of drug-likeness (QED) is 0.443. The number of imidazole rings is 1. The number of hydrogen-bond acceptors (Lipinski definition) is 5. The lowest BCUT2D eigenvalue weighted by Crippen LogP contribution is -2.07. The van der Waals surface area contributed by atoms with E-state index in [1.165, 1.54) is 0 Å². The Balaban J connectivity index is 1.86. The average molecular weight is 289 g/mol. The van der Waals surface area contributed by atoms with Gasteiger partial charge in [-0.2, -0.15) is 0 Å². The zero-order valence-electron chi connectivity index (χ0n) is 12.0. The number of nitrogens with zero attached hydrogens (tertiary/aromatic N) is 3. The summed E-state index contributed by atoms with van der Waals surface area (Å²) in [6.45, 7) is 1.60. The molecule has 0 unspecified atom stereocenters. The second-order valence-corrected chi connectivity index (χ2v) is 4.64. The maximum Gasteiger partial charge on any atom is 0.315 e. The van der Waals surface area contributed by atoms with E-state index in [1.807, 2.05) is 10.8 Å². The molecule has 7 heteroatoms. The van der Waals surface area contributed by atoms with Gasteiger partial charge in [-0.3, -0.25) is 10.1 Å². The number of benzene rings is 1. The van der Waals surface area contributed by atoms with E-state index in [9.17, 15) is 10.1 Å². The van der Waals surface area contributed by atoms with E-state index in [0.29, 0.717) is 17.9 Å². The number of aryl methyl sites for hydroxylation is 1. The molecular weight excluding hydrogens is 270 g/mol. The normalized spacial score (nSPS) is 10.3. The highest BCUT2D eigenvalue weighted by Gasteiger charge is 2.18. The monoisotopic (exact) mass is 289 g/mol. The molecule has 0 saturated carbocycles. The molecule has 7 nitrogen and oxygen atoms in total. The molecule has 0 radical (unpaired) electrons. The third-order valence-corrected chi connectivity index (χ3v) is 3.21. The molecule has 112 valence electrons. The topological polar surface area (TPSA) is 85.0 Å². The summed E-state index contributed by atoms with van der Waals surface area (Å²) in [7, 11) is 1.68. The summed E-state index contributed by atoms with van der Waals surface area (Å²) in [5.74, 6) is 0. The predicted molar refractivity (Wildman–Crippen MR) is 82.6 cm³/mol. The lowest BCUT2D eigenvalue weighted by molar-refractivity contribution is -0.383. The minimum atomic E-state index is -0.361. The van der Waals surface area contributed by atoms with Crippen LogP contribution in [0.5, 0.6) is 0 Å². The van der Waals surface area contributed by atoms with Crippen LogP contribution in [0.25, 0.3) is 0 Å². The molecule has 21 heavy (non-hydrogen) atoms. The summed E-state index contributed by atoms with van der Waals surface area (Å²) in [6.07, 6.45) is 7.39. The minimum absolute atomic E-state index is 0.0922. The zero-order valence-corrected chi connectivity index (χ0v) is 12.0. The Hall–Kier alpha value is -2.57. The molecule has 0 aliphatic carbocycles. The molecule has 0 saturated heterocycles. The van der Waals surface area contributed by atoms with Gasteiger partial charge in [0.15, 0.2) is 0 Å². The molecule has 1 aromatic carbocycles. The molecule has 0 fully saturated rings. The van der Waals surface area contributed by atoms with Crippen molar-refractivity contribution in [1.29, 1.82) is 0 Å². The number of para-hydroxylation sites is 1. The van der Waals surface area contributed by atoms with Gasteiger partial charge in [0.05, 0.1) is 11.3 Å². The first-order valence-corrected chi connectivity index (χ1v) is 6.87. The highest BCUT2D eigenvalue weighted by atomic mass is 16.6. The molecular formula is C14H19N5O2. The number of anilines is 2. The summed E-state index contributed by atoms with van der Waals surface area (Å²) in [6, 6.07) is 5.23. The maximum absolute atomic E-state index is 11.2. The fraction of sp³-hybridized carbons (Fsp3) is 0.357. The van der Waals surface area contributed by atoms with Crippen LogP contribution >= 0.6 is 0 Å². The summed E-state index contributed by atoms with van der Waals surface area (Å²) in [4.78, 5) is 14.8. The Bertz CT molecular complexity index is 583. The van der Waals surface area contributed by atoms with E-state index >= 15 is 0 Å². The number of nitrogens with one attached hydrogen (secondary N) is 2. The van der Waals surface area contributed by atoms with Gasteiger partial charge in [-0.15, -0.1) is 0 Å². The Morgan fingerprint density at radius 2 is 2.14 bits per heavy atom. The van der Waals surface area contributed by atoms with Gasteiger partial charge in [-0.1, -0.05) is 6.07 Å². The van der Waals surface area contributed by atoms with Crippen molar-refractivity contribution in [3.05, 3.63) is 47.0 Å². The van der Waals surface area contributed by atoms with Crippen molar-refractivity contribution in [2.24, 2.45) is 0 Å². The third kappa shape index (κ3) is 3.95. The van der Waals surface area contributed by atoms with Crippen LogP contribution in [0.3, 0.4) is 0 Å². The largest absolute Gasteiger partial charge is 0.382 e. The Kier molecular flexibility index (Phi) is 5.14. The van der Waals surface area contributed by atoms with E-state index in [0.717, 1.165) is 19.4 Å². The average Bonchev–Trinajstić information content (AvgIpc) is 2.99. The summed E-state index contributed by atoms with van der Waals surface area (Å²) in [5.41, 5.74) is 1.16. The highest BCUT2D eigenvalue weighted by molar-refractivity contribution is 5.75. The molecule has 0 aliphatic rings. The number of nitro benzene ring substituents is 1. The van der Waals surface area contributed by atoms with E-state index in [2.05, 4.69) is 15.6 Å². The fourth-order valence-electron chi connectivity index (χ4n) is 2.15. The van der Waals surface area contributed by atoms with Crippen LogP contribution in [-0.4, -0.2) is 28.1 Å². The van der Waals surface area contributed by atoms with Crippen LogP contribution in [0.15, 0.2) is 36.9 Å². The van der Waals surface area contributed by atoms with Crippen LogP contribution in [0, 0.1) is 10.1 Å². The number of rotatable bonds is 8. The van der Waals surface area contributed by atoms with E-state index in [4.69, 9.17) is 0 Å². The van der Waals surface area contributed by atoms with Crippen LogP contribution in [0.2, 0.25) is 0 Å². The van der Waals surface area contributed by atoms with Gasteiger partial charge in [-0.25, -0.2) is 4.98 Å². The van der Waals surface area contributed by atoms with Crippen molar-refractivity contribution in [2.75, 3.05) is 24.2 Å². The molecule has 0 aliphatic heterocycles. The third-order valence-electron chi connectivity index (χ3n) is 3.21. The smallest absolute Gasteiger partial charge is 0.315 e. The van der Waals surface area contributed by atoms with Gasteiger partial charge in [0.2, 0.25) is 0 Å². The summed E-state index contributed by atoms with van der Waals surface area (Å²) in [5, 5.41) is 17.1. The van der Waals surface area contributed by atoms with Crippen molar-refractivity contribution in [3.8, 4) is 0 Å². The zero-order chi connectivity index (χ0) is 15.1. The minimum Gasteiger partial charge on any atom is -0.382 e. The predicted octanol–water partition coefficient (Wildman–Crippen LogP) is 2.73. The molecule has 0 amide bonds. The summed E-state index contributed by atoms with van der Waals surface area (Å²) >= 11 is 0. The van der Waals surface area contributed by atoms with Crippen molar-refractivity contribution in [3.63, 3.8) is 0 Å². The number of unbranched alkanes of at least 4 members (excludes halogenated alkanes) is 1. The van der Waals surface area contributed by atoms with Crippen LogP contribution in [0.4, 0.5) is 17.1 Å². The van der Waals surface area contributed by atoms with Crippen molar-refractivity contribution in [1.82, 2.24) is 9.55 Å². The molecule has 1 heterocycles. The molecule has 2 aromatic rings. The molecule has 2 rings (SSSR count). The summed E-state index contributed by atoms with van der Waals surface area (Å²) < 4.78 is 2.02. The molecule has 0 atom stereocenters. The Labute approximate surface area is 123 Å². The molecule has 0 spiro atoms. The SMILES string of the molecule is CNc1cccc(NCCCCn2ccnc2)c1[N+](=O)[O-]. The van der Waals surface area contributed by atoms with Gasteiger partial charge < -0.3 is 15.2 Å². The van der Waals surface area contributed by atoms with Crippen LogP contribution in [-0.2, 0) is 6.54 Å². The first-order chi connectivity index (χ1) is 10.2. The van der Waals surface area contributed by atoms with Gasteiger partial charge in [-0.05, 0) is 25.0 Å². The highest BCUT2D eigenvalue weighted by Crippen LogP contribution is 2.32. The van der Waals surface area contributed by atoms with E-state index in [1.54, 1.807) is 37.8 Å². The molecule has 1 aromatic heterocycles. The number of aromatic nitrogens is 2. The van der Waals surface area contributed by atoms with Gasteiger partial charge in [0.1, 0.15) is 11.4 Å². The fourth-order valence-corrected chi connectivity index (χ4v) is 2.15. The van der Waals surface area contributed by atoms with Crippen molar-refractivity contribution < 1.29 is 4.92 Å². The number of nitro groups is 1. The molecule has 2 N–H and O–H groups in total. The Morgan fingerprint density at radius 1 is 1.33 bits per heavy atom. The first-order valence-electron chi connectivity index (χ1n) is 6.87. The van der Waals surface area contributed by atoms with Gasteiger partial charge in [0.25, 0.3) is 0 Å². The second kappa shape index (κ2) is 7.28. The standard InChI is InChI=1S/C14H19N5O2/c1-15-12-5-4-6-13(14(12)19(20)21)17-7-2-3-9-18-10-8-16-11-18/h4-6,8,10-11,15,17H,2-3,7,9H2,1H3. The Morgan fingerprint density at radius 3 is 2.81 bits per heavy atom. The first kappa shape index (κ1) is 14.8. The van der Waals surface area contributed by atoms with Crippen LogP contribution in [0.1, 0.15) is 12.8 Å². The second-order valence-electron chi connectivity index (χ2n) is 4.64. The van der Waals surface area contributed by atoms with Gasteiger partial charge in [0, 0.05) is 32.5 Å². The van der Waals surface area contributed by atoms with E-state index < -0.39 is 0 Å². The van der Waals surface area contributed by atoms with Crippen molar-refractivity contribution >= 4 is 17.1 Å². The van der Waals surface area contributed by atoms with Crippen LogP contribution < -0.4 is 10.6 Å². The van der Waals surface area contributed by atoms with Crippen molar-refractivity contribution in [2.45, 2.75) is 19.4 Å². The van der Waals surface area contributed by atoms with Gasteiger partial charge >= 0.3 is 5.69 Å². The number of hydrogen-bond donors (Lipinski definition) is 2.